The van der Waals surface area contributed by atoms with Crippen LogP contribution in [0.3, 0.4) is 0 Å². The second kappa shape index (κ2) is 29.2. The van der Waals surface area contributed by atoms with Crippen molar-refractivity contribution in [2.75, 3.05) is 0 Å². The van der Waals surface area contributed by atoms with Crippen molar-refractivity contribution in [3.63, 3.8) is 0 Å². The average molecular weight is 587 g/mol. The molecule has 0 radical (unpaired) electrons. The van der Waals surface area contributed by atoms with E-state index in [1.54, 1.807) is 12.1 Å². The van der Waals surface area contributed by atoms with E-state index in [4.69, 9.17) is 0 Å². The third-order valence-electron chi connectivity index (χ3n) is 8.29. The van der Waals surface area contributed by atoms with Crippen LogP contribution in [0.2, 0.25) is 0 Å². The molecule has 0 unspecified atom stereocenters. The first-order valence-electron chi connectivity index (χ1n) is 17.1. The van der Waals surface area contributed by atoms with Gasteiger partial charge in [-0.1, -0.05) is 192 Å². The van der Waals surface area contributed by atoms with Crippen molar-refractivity contribution in [2.45, 2.75) is 192 Å². The second-order valence-corrected chi connectivity index (χ2v) is 13.4. The smallest absolute Gasteiger partial charge is 0.744 e. The van der Waals surface area contributed by atoms with E-state index in [2.05, 4.69) is 6.92 Å². The van der Waals surface area contributed by atoms with Crippen LogP contribution >= 0.6 is 0 Å². The molecule has 0 bridgehead atoms. The molecule has 3 nitrogen and oxygen atoms in total. The third kappa shape index (κ3) is 24.7. The Morgan fingerprint density at radius 1 is 0.475 bits per heavy atom. The Kier molecular flexibility index (Phi) is 29.3. The zero-order valence-electron chi connectivity index (χ0n) is 26.7. The van der Waals surface area contributed by atoms with Crippen molar-refractivity contribution >= 4 is 10.1 Å². The normalized spacial score (nSPS) is 11.6. The maximum atomic E-state index is 11.4. The number of unbranched alkanes of at least 4 members (excludes halogenated alkanes) is 26. The molecule has 40 heavy (non-hydrogen) atoms. The number of aryl methyl sites for hydroxylation is 1. The van der Waals surface area contributed by atoms with Gasteiger partial charge in [0.15, 0.2) is 0 Å². The molecule has 0 amide bonds. The van der Waals surface area contributed by atoms with E-state index < -0.39 is 10.1 Å². The van der Waals surface area contributed by atoms with Gasteiger partial charge >= 0.3 is 29.6 Å². The molecular weight excluding hydrogens is 523 g/mol. The summed E-state index contributed by atoms with van der Waals surface area (Å²) in [5, 5.41) is 0. The molecule has 0 spiro atoms. The molecule has 0 N–H and O–H groups in total. The van der Waals surface area contributed by atoms with Crippen molar-refractivity contribution in [3.05, 3.63) is 29.8 Å². The number of benzene rings is 1. The molecule has 0 saturated heterocycles. The molecule has 0 aromatic heterocycles. The van der Waals surface area contributed by atoms with Gasteiger partial charge in [-0.2, -0.15) is 0 Å². The largest absolute Gasteiger partial charge is 1.00 e. The molecule has 1 rings (SSSR count). The van der Waals surface area contributed by atoms with E-state index >= 15 is 0 Å². The van der Waals surface area contributed by atoms with Crippen LogP contribution in [0.1, 0.15) is 186 Å². The first-order valence-corrected chi connectivity index (χ1v) is 18.5. The fraction of sp³-hybridized carbons (Fsp3) is 0.829. The summed E-state index contributed by atoms with van der Waals surface area (Å²) in [6, 6.07) is 6.63. The molecule has 1 aromatic carbocycles. The van der Waals surface area contributed by atoms with Crippen molar-refractivity contribution in [3.8, 4) is 0 Å². The predicted molar refractivity (Wildman–Crippen MR) is 168 cm³/mol. The van der Waals surface area contributed by atoms with Gasteiger partial charge in [-0.05, 0) is 24.5 Å². The van der Waals surface area contributed by atoms with Crippen LogP contribution in [-0.4, -0.2) is 13.0 Å². The fourth-order valence-corrected chi connectivity index (χ4v) is 6.50. The van der Waals surface area contributed by atoms with Crippen molar-refractivity contribution in [1.29, 1.82) is 0 Å². The molecule has 0 heterocycles. The Bertz CT molecular complexity index is 766. The van der Waals surface area contributed by atoms with E-state index in [9.17, 15) is 13.0 Å². The Morgan fingerprint density at radius 3 is 1.05 bits per heavy atom. The summed E-state index contributed by atoms with van der Waals surface area (Å²) in [6.07, 6.45) is 38.0. The van der Waals surface area contributed by atoms with Gasteiger partial charge in [0.25, 0.3) is 0 Å². The summed E-state index contributed by atoms with van der Waals surface area (Å²) in [5.41, 5.74) is 0.673. The average Bonchev–Trinajstić information content (AvgIpc) is 2.92. The zero-order chi connectivity index (χ0) is 28.3. The molecule has 0 aliphatic heterocycles. The molecule has 0 aliphatic rings. The molecule has 0 saturated carbocycles. The quantitative estimate of drug-likeness (QED) is 0.0536. The molecule has 0 fully saturated rings. The SMILES string of the molecule is CCCCCCCCCCCCCCCCCCCCCCCCCCCCCc1ccccc1S(=O)(=O)[O-].[Na+]. The minimum atomic E-state index is -4.36. The number of rotatable bonds is 29. The molecule has 228 valence electrons. The monoisotopic (exact) mass is 586 g/mol. The van der Waals surface area contributed by atoms with Crippen LogP contribution in [0.15, 0.2) is 29.2 Å². The van der Waals surface area contributed by atoms with E-state index in [1.165, 1.54) is 167 Å². The van der Waals surface area contributed by atoms with Crippen molar-refractivity contribution in [1.82, 2.24) is 0 Å². The van der Waals surface area contributed by atoms with Gasteiger partial charge in [0.1, 0.15) is 10.1 Å². The minimum Gasteiger partial charge on any atom is -0.744 e. The third-order valence-corrected chi connectivity index (χ3v) is 9.23. The number of hydrogen-bond acceptors (Lipinski definition) is 3. The standard InChI is InChI=1S/C35H64O3S.Na/c1-2-3-4-5-6-7-8-9-10-11-12-13-14-15-16-17-18-19-20-21-22-23-24-25-26-27-28-31-34-32-29-30-33-35(34)39(36,37)38;/h29-30,32-33H,2-28,31H2,1H3,(H,36,37,38);/q;+1/p-1. The zero-order valence-corrected chi connectivity index (χ0v) is 29.6. The summed E-state index contributed by atoms with van der Waals surface area (Å²) < 4.78 is 34.1. The summed E-state index contributed by atoms with van der Waals surface area (Å²) in [6.45, 7) is 2.29. The van der Waals surface area contributed by atoms with E-state index in [0.29, 0.717) is 12.0 Å². The molecule has 0 atom stereocenters. The van der Waals surface area contributed by atoms with Crippen LogP contribution in [0, 0.1) is 0 Å². The summed E-state index contributed by atoms with van der Waals surface area (Å²) in [7, 11) is -4.36. The molecule has 0 aliphatic carbocycles. The molecule has 1 aromatic rings. The van der Waals surface area contributed by atoms with Crippen LogP contribution in [0.25, 0.3) is 0 Å². The summed E-state index contributed by atoms with van der Waals surface area (Å²) in [5.74, 6) is 0. The Labute approximate surface area is 272 Å². The van der Waals surface area contributed by atoms with Gasteiger partial charge in [-0.25, -0.2) is 8.42 Å². The first-order chi connectivity index (χ1) is 19.1. The minimum absolute atomic E-state index is 0. The maximum absolute atomic E-state index is 11.4. The van der Waals surface area contributed by atoms with Crippen LogP contribution in [0.5, 0.6) is 0 Å². The van der Waals surface area contributed by atoms with Gasteiger partial charge in [-0.15, -0.1) is 0 Å². The number of hydrogen-bond donors (Lipinski definition) is 0. The van der Waals surface area contributed by atoms with Crippen LogP contribution in [0.4, 0.5) is 0 Å². The van der Waals surface area contributed by atoms with Gasteiger partial charge < -0.3 is 4.55 Å². The Balaban J connectivity index is 0.0000152. The molecule has 5 heteroatoms. The van der Waals surface area contributed by atoms with Gasteiger partial charge in [0.2, 0.25) is 0 Å². The van der Waals surface area contributed by atoms with E-state index in [-0.39, 0.29) is 34.5 Å². The second-order valence-electron chi connectivity index (χ2n) is 12.0. The Hall–Kier alpha value is 0.130. The van der Waals surface area contributed by atoms with Gasteiger partial charge in [0.05, 0.1) is 4.90 Å². The van der Waals surface area contributed by atoms with E-state index in [1.807, 2.05) is 6.07 Å². The van der Waals surface area contributed by atoms with Gasteiger partial charge in [-0.3, -0.25) is 0 Å². The van der Waals surface area contributed by atoms with E-state index in [0.717, 1.165) is 12.8 Å². The Morgan fingerprint density at radius 2 is 0.750 bits per heavy atom. The summed E-state index contributed by atoms with van der Waals surface area (Å²) >= 11 is 0. The molecular formula is C35H63NaO3S. The summed E-state index contributed by atoms with van der Waals surface area (Å²) in [4.78, 5) is -0.0418. The van der Waals surface area contributed by atoms with Crippen LogP contribution in [-0.2, 0) is 16.5 Å². The topological polar surface area (TPSA) is 57.2 Å². The van der Waals surface area contributed by atoms with Gasteiger partial charge in [0, 0.05) is 0 Å². The fourth-order valence-electron chi connectivity index (χ4n) is 5.76. The predicted octanol–water partition coefficient (Wildman–Crippen LogP) is 8.69. The van der Waals surface area contributed by atoms with Crippen LogP contribution < -0.4 is 29.6 Å². The van der Waals surface area contributed by atoms with Crippen molar-refractivity contribution in [2.24, 2.45) is 0 Å². The first kappa shape index (κ1) is 40.1. The maximum Gasteiger partial charge on any atom is 1.00 e. The van der Waals surface area contributed by atoms with Crippen molar-refractivity contribution < 1.29 is 42.5 Å².